The van der Waals surface area contributed by atoms with E-state index in [1.165, 1.54) is 4.88 Å². The van der Waals surface area contributed by atoms with Crippen LogP contribution >= 0.6 is 11.3 Å². The van der Waals surface area contributed by atoms with Gasteiger partial charge in [0.05, 0.1) is 6.54 Å². The Morgan fingerprint density at radius 3 is 3.00 bits per heavy atom. The molecule has 0 aliphatic heterocycles. The summed E-state index contributed by atoms with van der Waals surface area (Å²) in [6.07, 6.45) is 7.01. The largest absolute Gasteiger partial charge is 0.340 e. The van der Waals surface area contributed by atoms with Gasteiger partial charge in [-0.1, -0.05) is 5.92 Å². The molecule has 0 atom stereocenters. The minimum absolute atomic E-state index is 0.618. The number of anilines is 1. The Bertz CT molecular complexity index is 272. The summed E-state index contributed by atoms with van der Waals surface area (Å²) in [5.74, 6) is 2.57. The Hall–Kier alpha value is -1.01. The number of thiazole rings is 1. The summed E-state index contributed by atoms with van der Waals surface area (Å²) in [7, 11) is 1.94. The lowest BCUT2D eigenvalue weighted by molar-refractivity contribution is 1.03. The van der Waals surface area contributed by atoms with Crippen molar-refractivity contribution in [2.75, 3.05) is 18.5 Å². The summed E-state index contributed by atoms with van der Waals surface area (Å²) in [5.41, 5.74) is 0. The molecule has 0 N–H and O–H groups in total. The van der Waals surface area contributed by atoms with E-state index in [9.17, 15) is 0 Å². The predicted octanol–water partition coefficient (Wildman–Crippen LogP) is 1.52. The van der Waals surface area contributed by atoms with E-state index in [2.05, 4.69) is 10.9 Å². The molecule has 1 aromatic rings. The van der Waals surface area contributed by atoms with Crippen LogP contribution in [-0.2, 0) is 0 Å². The van der Waals surface area contributed by atoms with Crippen molar-refractivity contribution >= 4 is 16.5 Å². The first-order chi connectivity index (χ1) is 5.24. The van der Waals surface area contributed by atoms with Crippen molar-refractivity contribution in [2.24, 2.45) is 0 Å². The molecule has 3 heteroatoms. The lowest BCUT2D eigenvalue weighted by Crippen LogP contribution is -2.16. The lowest BCUT2D eigenvalue weighted by atomic mass is 10.6. The highest BCUT2D eigenvalue weighted by Crippen LogP contribution is 2.19. The summed E-state index contributed by atoms with van der Waals surface area (Å²) in [6, 6.07) is 0. The van der Waals surface area contributed by atoms with Crippen molar-refractivity contribution in [3.63, 3.8) is 0 Å². The van der Waals surface area contributed by atoms with Crippen molar-refractivity contribution in [3.05, 3.63) is 11.1 Å². The van der Waals surface area contributed by atoms with E-state index in [1.54, 1.807) is 11.3 Å². The van der Waals surface area contributed by atoms with Crippen LogP contribution in [0.3, 0.4) is 0 Å². The summed E-state index contributed by atoms with van der Waals surface area (Å²) in [5, 5.41) is 0.987. The molecule has 0 aliphatic carbocycles. The maximum atomic E-state index is 5.16. The average Bonchev–Trinajstić information content (AvgIpc) is 2.36. The van der Waals surface area contributed by atoms with Crippen molar-refractivity contribution in [3.8, 4) is 12.3 Å². The van der Waals surface area contributed by atoms with Crippen LogP contribution < -0.4 is 4.90 Å². The van der Waals surface area contributed by atoms with E-state index in [0.717, 1.165) is 5.13 Å². The van der Waals surface area contributed by atoms with E-state index >= 15 is 0 Å². The van der Waals surface area contributed by atoms with Gasteiger partial charge in [0.15, 0.2) is 5.13 Å². The van der Waals surface area contributed by atoms with Crippen LogP contribution in [0.25, 0.3) is 0 Å². The first kappa shape index (κ1) is 8.09. The van der Waals surface area contributed by atoms with Crippen LogP contribution in [0, 0.1) is 19.3 Å². The summed E-state index contributed by atoms with van der Waals surface area (Å²) in [4.78, 5) is 7.35. The molecule has 1 rings (SSSR count). The molecule has 1 aromatic heterocycles. The third-order valence-electron chi connectivity index (χ3n) is 1.26. The number of terminal acetylenes is 1. The molecule has 58 valence electrons. The average molecular weight is 166 g/mol. The highest BCUT2D eigenvalue weighted by molar-refractivity contribution is 7.15. The number of nitrogens with zero attached hydrogens (tertiary/aromatic N) is 2. The summed E-state index contributed by atoms with van der Waals surface area (Å²) >= 11 is 1.66. The maximum Gasteiger partial charge on any atom is 0.186 e. The zero-order valence-corrected chi connectivity index (χ0v) is 7.48. The Morgan fingerprint density at radius 2 is 2.55 bits per heavy atom. The molecular formula is C8H10N2S. The SMILES string of the molecule is C#CCN(C)c1ncc(C)s1. The van der Waals surface area contributed by atoms with Crippen molar-refractivity contribution in [2.45, 2.75) is 6.92 Å². The standard InChI is InChI=1S/C8H10N2S/c1-4-5-10(3)8-9-6-7(2)11-8/h1,6H,5H2,2-3H3. The molecule has 0 saturated carbocycles. The molecule has 0 radical (unpaired) electrons. The van der Waals surface area contributed by atoms with Gasteiger partial charge in [-0.3, -0.25) is 0 Å². The first-order valence-electron chi connectivity index (χ1n) is 3.31. The van der Waals surface area contributed by atoms with Gasteiger partial charge in [-0.15, -0.1) is 17.8 Å². The highest BCUT2D eigenvalue weighted by atomic mass is 32.1. The molecule has 2 nitrogen and oxygen atoms in total. The third-order valence-corrected chi connectivity index (χ3v) is 2.29. The molecule has 0 aromatic carbocycles. The number of hydrogen-bond acceptors (Lipinski definition) is 3. The van der Waals surface area contributed by atoms with Crippen LogP contribution in [0.15, 0.2) is 6.20 Å². The van der Waals surface area contributed by atoms with Gasteiger partial charge in [0.2, 0.25) is 0 Å². The van der Waals surface area contributed by atoms with Gasteiger partial charge in [-0.05, 0) is 6.92 Å². The minimum atomic E-state index is 0.618. The van der Waals surface area contributed by atoms with E-state index in [0.29, 0.717) is 6.54 Å². The third kappa shape index (κ3) is 1.95. The molecule has 0 unspecified atom stereocenters. The van der Waals surface area contributed by atoms with E-state index < -0.39 is 0 Å². The van der Waals surface area contributed by atoms with Gasteiger partial charge < -0.3 is 4.90 Å². The second-order valence-corrected chi connectivity index (χ2v) is 3.53. The molecule has 0 bridgehead atoms. The zero-order chi connectivity index (χ0) is 8.27. The molecule has 11 heavy (non-hydrogen) atoms. The van der Waals surface area contributed by atoms with Crippen LogP contribution in [0.2, 0.25) is 0 Å². The van der Waals surface area contributed by atoms with E-state index in [1.807, 2.05) is 25.1 Å². The molecule has 0 saturated heterocycles. The Labute approximate surface area is 70.9 Å². The van der Waals surface area contributed by atoms with Crippen LogP contribution in [0.4, 0.5) is 5.13 Å². The Kier molecular flexibility index (Phi) is 2.50. The number of aryl methyl sites for hydroxylation is 1. The second kappa shape index (κ2) is 3.40. The highest BCUT2D eigenvalue weighted by Gasteiger charge is 2.01. The molecule has 0 aliphatic rings. The zero-order valence-electron chi connectivity index (χ0n) is 6.66. The predicted molar refractivity (Wildman–Crippen MR) is 49.0 cm³/mol. The minimum Gasteiger partial charge on any atom is -0.340 e. The summed E-state index contributed by atoms with van der Waals surface area (Å²) < 4.78 is 0. The van der Waals surface area contributed by atoms with Gasteiger partial charge in [0.25, 0.3) is 0 Å². The van der Waals surface area contributed by atoms with Crippen LogP contribution in [0.5, 0.6) is 0 Å². The second-order valence-electron chi connectivity index (χ2n) is 2.31. The monoisotopic (exact) mass is 166 g/mol. The Balaban J connectivity index is 2.70. The molecular weight excluding hydrogens is 156 g/mol. The fourth-order valence-corrected chi connectivity index (χ4v) is 1.44. The first-order valence-corrected chi connectivity index (χ1v) is 4.12. The van der Waals surface area contributed by atoms with Gasteiger partial charge in [0, 0.05) is 18.1 Å². The van der Waals surface area contributed by atoms with Crippen molar-refractivity contribution in [1.82, 2.24) is 4.98 Å². The fraction of sp³-hybridized carbons (Fsp3) is 0.375. The van der Waals surface area contributed by atoms with Crippen molar-refractivity contribution in [1.29, 1.82) is 0 Å². The van der Waals surface area contributed by atoms with Crippen LogP contribution in [-0.4, -0.2) is 18.6 Å². The number of rotatable bonds is 2. The van der Waals surface area contributed by atoms with Gasteiger partial charge in [-0.2, -0.15) is 0 Å². The molecule has 0 fully saturated rings. The van der Waals surface area contributed by atoms with E-state index in [4.69, 9.17) is 6.42 Å². The fourth-order valence-electron chi connectivity index (χ4n) is 0.724. The maximum absolute atomic E-state index is 5.16. The Morgan fingerprint density at radius 1 is 1.82 bits per heavy atom. The van der Waals surface area contributed by atoms with Gasteiger partial charge in [-0.25, -0.2) is 4.98 Å². The van der Waals surface area contributed by atoms with Gasteiger partial charge >= 0.3 is 0 Å². The van der Waals surface area contributed by atoms with E-state index in [-0.39, 0.29) is 0 Å². The smallest absolute Gasteiger partial charge is 0.186 e. The molecule has 1 heterocycles. The van der Waals surface area contributed by atoms with Crippen molar-refractivity contribution < 1.29 is 0 Å². The normalized spacial score (nSPS) is 9.18. The lowest BCUT2D eigenvalue weighted by Gasteiger charge is -2.10. The van der Waals surface area contributed by atoms with Crippen LogP contribution in [0.1, 0.15) is 4.88 Å². The number of aromatic nitrogens is 1. The summed E-state index contributed by atoms with van der Waals surface area (Å²) in [6.45, 7) is 2.65. The quantitative estimate of drug-likeness (QED) is 0.619. The molecule has 0 spiro atoms. The number of hydrogen-bond donors (Lipinski definition) is 0. The van der Waals surface area contributed by atoms with Gasteiger partial charge in [0.1, 0.15) is 0 Å². The molecule has 0 amide bonds. The topological polar surface area (TPSA) is 16.1 Å².